The zero-order valence-corrected chi connectivity index (χ0v) is 12.3. The lowest BCUT2D eigenvalue weighted by atomic mass is 10.2. The molecule has 0 aliphatic rings. The number of anilines is 1. The molecular formula is C15H18N2OS. The predicted octanol–water partition coefficient (Wildman–Crippen LogP) is 3.05. The second-order valence-corrected chi connectivity index (χ2v) is 6.01. The molecule has 0 bridgehead atoms. The van der Waals surface area contributed by atoms with Gasteiger partial charge >= 0.3 is 0 Å². The van der Waals surface area contributed by atoms with Crippen LogP contribution in [-0.2, 0) is 6.54 Å². The molecule has 1 N–H and O–H groups in total. The molecule has 100 valence electrons. The van der Waals surface area contributed by atoms with Crippen molar-refractivity contribution in [1.82, 2.24) is 5.32 Å². The molecule has 4 heteroatoms. The molecule has 0 fully saturated rings. The highest BCUT2D eigenvalue weighted by Gasteiger charge is 2.07. The average Bonchev–Trinajstić information content (AvgIpc) is 2.82. The van der Waals surface area contributed by atoms with Gasteiger partial charge in [-0.15, -0.1) is 11.3 Å². The maximum atomic E-state index is 12.1. The minimum atomic E-state index is -0.0326. The summed E-state index contributed by atoms with van der Waals surface area (Å²) in [4.78, 5) is 16.5. The molecule has 0 atom stereocenters. The lowest BCUT2D eigenvalue weighted by Crippen LogP contribution is -2.22. The van der Waals surface area contributed by atoms with Crippen molar-refractivity contribution in [2.45, 2.75) is 13.5 Å². The van der Waals surface area contributed by atoms with E-state index >= 15 is 0 Å². The van der Waals surface area contributed by atoms with Crippen molar-refractivity contribution in [2.75, 3.05) is 19.0 Å². The molecule has 1 aromatic heterocycles. The van der Waals surface area contributed by atoms with Crippen LogP contribution in [0, 0.1) is 6.92 Å². The van der Waals surface area contributed by atoms with Crippen molar-refractivity contribution in [3.8, 4) is 0 Å². The fraction of sp³-hybridized carbons (Fsp3) is 0.267. The first-order valence-corrected chi connectivity index (χ1v) is 6.99. The molecule has 19 heavy (non-hydrogen) atoms. The van der Waals surface area contributed by atoms with Crippen LogP contribution in [0.15, 0.2) is 36.4 Å². The first-order valence-electron chi connectivity index (χ1n) is 6.17. The van der Waals surface area contributed by atoms with Gasteiger partial charge in [-0.2, -0.15) is 0 Å². The Labute approximate surface area is 117 Å². The van der Waals surface area contributed by atoms with E-state index in [4.69, 9.17) is 0 Å². The largest absolute Gasteiger partial charge is 0.378 e. The van der Waals surface area contributed by atoms with E-state index in [1.807, 2.05) is 43.3 Å². The summed E-state index contributed by atoms with van der Waals surface area (Å²) in [5.41, 5.74) is 1.72. The summed E-state index contributed by atoms with van der Waals surface area (Å²) in [5, 5.41) is 2.95. The van der Waals surface area contributed by atoms with Crippen molar-refractivity contribution < 1.29 is 4.79 Å². The molecule has 0 aliphatic heterocycles. The molecule has 0 unspecified atom stereocenters. The average molecular weight is 274 g/mol. The molecule has 1 heterocycles. The van der Waals surface area contributed by atoms with Crippen LogP contribution in [0.25, 0.3) is 0 Å². The lowest BCUT2D eigenvalue weighted by Gasteiger charge is -2.13. The van der Waals surface area contributed by atoms with E-state index in [-0.39, 0.29) is 5.91 Å². The normalized spacial score (nSPS) is 10.3. The summed E-state index contributed by atoms with van der Waals surface area (Å²) >= 11 is 1.71. The van der Waals surface area contributed by atoms with Crippen LogP contribution >= 0.6 is 11.3 Å². The van der Waals surface area contributed by atoms with Gasteiger partial charge in [0.1, 0.15) is 0 Å². The highest BCUT2D eigenvalue weighted by molar-refractivity contribution is 7.11. The van der Waals surface area contributed by atoms with Gasteiger partial charge in [0.15, 0.2) is 0 Å². The maximum Gasteiger partial charge on any atom is 0.251 e. The number of hydrogen-bond donors (Lipinski definition) is 1. The molecule has 0 saturated heterocycles. The molecule has 3 nitrogen and oxygen atoms in total. The number of thiophene rings is 1. The van der Waals surface area contributed by atoms with Crippen LogP contribution in [0.1, 0.15) is 20.1 Å². The summed E-state index contributed by atoms with van der Waals surface area (Å²) in [7, 11) is 3.93. The topological polar surface area (TPSA) is 32.3 Å². The first-order chi connectivity index (χ1) is 9.06. The predicted molar refractivity (Wildman–Crippen MR) is 81.0 cm³/mol. The monoisotopic (exact) mass is 274 g/mol. The van der Waals surface area contributed by atoms with Gasteiger partial charge in [0.05, 0.1) is 6.54 Å². The van der Waals surface area contributed by atoms with Crippen molar-refractivity contribution in [3.05, 3.63) is 51.7 Å². The van der Waals surface area contributed by atoms with Crippen molar-refractivity contribution in [1.29, 1.82) is 0 Å². The fourth-order valence-corrected chi connectivity index (χ4v) is 2.60. The van der Waals surface area contributed by atoms with E-state index in [9.17, 15) is 4.79 Å². The zero-order chi connectivity index (χ0) is 13.8. The van der Waals surface area contributed by atoms with Gasteiger partial charge < -0.3 is 10.2 Å². The first kappa shape index (κ1) is 13.6. The molecule has 1 amide bonds. The number of carbonyl (C=O) groups is 1. The van der Waals surface area contributed by atoms with Crippen LogP contribution in [0.3, 0.4) is 0 Å². The van der Waals surface area contributed by atoms with Gasteiger partial charge in [0.2, 0.25) is 0 Å². The Morgan fingerprint density at radius 3 is 2.68 bits per heavy atom. The second-order valence-electron chi connectivity index (χ2n) is 4.64. The van der Waals surface area contributed by atoms with Gasteiger partial charge in [-0.05, 0) is 37.3 Å². The van der Waals surface area contributed by atoms with Gasteiger partial charge in [-0.3, -0.25) is 4.79 Å². The number of carbonyl (C=O) groups excluding carboxylic acids is 1. The van der Waals surface area contributed by atoms with Crippen molar-refractivity contribution in [2.24, 2.45) is 0 Å². The SMILES string of the molecule is Cc1ccc(CNC(=O)c2cccc(N(C)C)c2)s1. The van der Waals surface area contributed by atoms with E-state index < -0.39 is 0 Å². The molecule has 2 aromatic rings. The van der Waals surface area contributed by atoms with Crippen molar-refractivity contribution in [3.63, 3.8) is 0 Å². The number of rotatable bonds is 4. The van der Waals surface area contributed by atoms with Gasteiger partial charge in [-0.25, -0.2) is 0 Å². The number of nitrogens with one attached hydrogen (secondary N) is 1. The van der Waals surface area contributed by atoms with Gasteiger partial charge in [0.25, 0.3) is 5.91 Å². The Bertz CT molecular complexity index is 575. The fourth-order valence-electron chi connectivity index (χ4n) is 1.77. The Balaban J connectivity index is 2.01. The quantitative estimate of drug-likeness (QED) is 0.929. The molecule has 0 radical (unpaired) electrons. The Morgan fingerprint density at radius 2 is 2.05 bits per heavy atom. The van der Waals surface area contributed by atoms with Gasteiger partial charge in [-0.1, -0.05) is 6.07 Å². The van der Waals surface area contributed by atoms with Crippen LogP contribution in [0.5, 0.6) is 0 Å². The lowest BCUT2D eigenvalue weighted by molar-refractivity contribution is 0.0951. The maximum absolute atomic E-state index is 12.1. The highest BCUT2D eigenvalue weighted by atomic mass is 32.1. The summed E-state index contributed by atoms with van der Waals surface area (Å²) in [6.07, 6.45) is 0. The van der Waals surface area contributed by atoms with E-state index in [1.165, 1.54) is 9.75 Å². The third-order valence-electron chi connectivity index (χ3n) is 2.84. The Kier molecular flexibility index (Phi) is 4.22. The molecule has 0 spiro atoms. The highest BCUT2D eigenvalue weighted by Crippen LogP contribution is 2.16. The summed E-state index contributed by atoms with van der Waals surface area (Å²) in [6, 6.07) is 11.7. The minimum absolute atomic E-state index is 0.0326. The number of benzene rings is 1. The summed E-state index contributed by atoms with van der Waals surface area (Å²) in [6.45, 7) is 2.65. The smallest absolute Gasteiger partial charge is 0.251 e. The van der Waals surface area contributed by atoms with Crippen LogP contribution in [-0.4, -0.2) is 20.0 Å². The van der Waals surface area contributed by atoms with E-state index in [2.05, 4.69) is 24.4 Å². The Hall–Kier alpha value is -1.81. The molecule has 0 saturated carbocycles. The number of aryl methyl sites for hydroxylation is 1. The zero-order valence-electron chi connectivity index (χ0n) is 11.4. The van der Waals surface area contributed by atoms with Crippen LogP contribution < -0.4 is 10.2 Å². The third kappa shape index (κ3) is 3.58. The standard InChI is InChI=1S/C15H18N2OS/c1-11-7-8-14(19-11)10-16-15(18)12-5-4-6-13(9-12)17(2)3/h4-9H,10H2,1-3H3,(H,16,18). The molecule has 1 aromatic carbocycles. The molecular weight excluding hydrogens is 256 g/mol. The van der Waals surface area contributed by atoms with E-state index in [0.717, 1.165) is 5.69 Å². The number of hydrogen-bond acceptors (Lipinski definition) is 3. The summed E-state index contributed by atoms with van der Waals surface area (Å²) < 4.78 is 0. The van der Waals surface area contributed by atoms with E-state index in [1.54, 1.807) is 11.3 Å². The number of nitrogens with zero attached hydrogens (tertiary/aromatic N) is 1. The molecule has 0 aliphatic carbocycles. The summed E-state index contributed by atoms with van der Waals surface area (Å²) in [5.74, 6) is -0.0326. The third-order valence-corrected chi connectivity index (χ3v) is 3.84. The number of amides is 1. The minimum Gasteiger partial charge on any atom is -0.378 e. The van der Waals surface area contributed by atoms with Crippen LogP contribution in [0.4, 0.5) is 5.69 Å². The molecule has 2 rings (SSSR count). The van der Waals surface area contributed by atoms with E-state index in [0.29, 0.717) is 12.1 Å². The van der Waals surface area contributed by atoms with Crippen LogP contribution in [0.2, 0.25) is 0 Å². The van der Waals surface area contributed by atoms with Crippen molar-refractivity contribution >= 4 is 22.9 Å². The van der Waals surface area contributed by atoms with Gasteiger partial charge in [0, 0.05) is 35.1 Å². The Morgan fingerprint density at radius 1 is 1.26 bits per heavy atom. The second kappa shape index (κ2) is 5.89.